The van der Waals surface area contributed by atoms with Crippen LogP contribution >= 0.6 is 11.6 Å². The Hall–Kier alpha value is -1.01. The maximum atomic E-state index is 6.63. The summed E-state index contributed by atoms with van der Waals surface area (Å²) < 4.78 is 0. The Bertz CT molecular complexity index is 540. The number of rotatable bonds is 3. The second-order valence-electron chi connectivity index (χ2n) is 5.16. The van der Waals surface area contributed by atoms with E-state index in [-0.39, 0.29) is 5.38 Å². The molecule has 0 amide bonds. The van der Waals surface area contributed by atoms with Crippen LogP contribution < -0.4 is 0 Å². The summed E-state index contributed by atoms with van der Waals surface area (Å²) in [6.07, 6.45) is 3.87. The van der Waals surface area contributed by atoms with Gasteiger partial charge in [0, 0.05) is 0 Å². The van der Waals surface area contributed by atoms with Gasteiger partial charge in [0.05, 0.1) is 5.38 Å². The highest BCUT2D eigenvalue weighted by Crippen LogP contribution is 2.42. The quantitative estimate of drug-likeness (QED) is 0.649. The fourth-order valence-corrected chi connectivity index (χ4v) is 3.13. The van der Waals surface area contributed by atoms with Crippen LogP contribution in [0.3, 0.4) is 0 Å². The van der Waals surface area contributed by atoms with Crippen LogP contribution in [-0.2, 0) is 0 Å². The van der Waals surface area contributed by atoms with Gasteiger partial charge in [-0.1, -0.05) is 49.2 Å². The largest absolute Gasteiger partial charge is 0.118 e. The number of hydrogen-bond donors (Lipinski definition) is 0. The summed E-state index contributed by atoms with van der Waals surface area (Å²) in [5.41, 5.74) is 2.67. The molecule has 1 unspecified atom stereocenters. The molecule has 0 aliphatic heterocycles. The third-order valence-corrected chi connectivity index (χ3v) is 4.14. The van der Waals surface area contributed by atoms with E-state index in [1.54, 1.807) is 0 Å². The second kappa shape index (κ2) is 4.34. The van der Waals surface area contributed by atoms with Gasteiger partial charge in [-0.15, -0.1) is 11.6 Å². The van der Waals surface area contributed by atoms with E-state index in [0.717, 1.165) is 12.3 Å². The van der Waals surface area contributed by atoms with Crippen LogP contribution in [0.15, 0.2) is 36.4 Å². The molecule has 1 saturated carbocycles. The lowest BCUT2D eigenvalue weighted by atomic mass is 9.95. The minimum absolute atomic E-state index is 0.175. The Balaban J connectivity index is 2.08. The van der Waals surface area contributed by atoms with Gasteiger partial charge in [-0.05, 0) is 41.2 Å². The molecule has 88 valence electrons. The fourth-order valence-electron chi connectivity index (χ4n) is 2.58. The topological polar surface area (TPSA) is 0 Å². The van der Waals surface area contributed by atoms with Crippen LogP contribution in [0.5, 0.6) is 0 Å². The number of hydrogen-bond acceptors (Lipinski definition) is 0. The smallest absolute Gasteiger partial charge is 0.0596 e. The first-order valence-electron chi connectivity index (χ1n) is 6.38. The Morgan fingerprint density at radius 3 is 2.71 bits per heavy atom. The van der Waals surface area contributed by atoms with Gasteiger partial charge in [-0.25, -0.2) is 0 Å². The fraction of sp³-hybridized carbons (Fsp3) is 0.375. The molecule has 3 rings (SSSR count). The van der Waals surface area contributed by atoms with E-state index in [4.69, 9.17) is 11.6 Å². The van der Waals surface area contributed by atoms with Gasteiger partial charge >= 0.3 is 0 Å². The lowest BCUT2D eigenvalue weighted by Crippen LogP contribution is -1.97. The van der Waals surface area contributed by atoms with Crippen molar-refractivity contribution < 1.29 is 0 Å². The van der Waals surface area contributed by atoms with Crippen molar-refractivity contribution in [1.29, 1.82) is 0 Å². The third-order valence-electron chi connectivity index (χ3n) is 3.74. The molecule has 0 heterocycles. The molecule has 0 aromatic heterocycles. The molecule has 0 saturated heterocycles. The van der Waals surface area contributed by atoms with E-state index in [9.17, 15) is 0 Å². The first-order valence-corrected chi connectivity index (χ1v) is 6.81. The summed E-state index contributed by atoms with van der Waals surface area (Å²) in [7, 11) is 0. The first-order chi connectivity index (χ1) is 8.25. The summed E-state index contributed by atoms with van der Waals surface area (Å²) in [5, 5.41) is 2.80. The molecule has 0 radical (unpaired) electrons. The monoisotopic (exact) mass is 244 g/mol. The van der Waals surface area contributed by atoms with Gasteiger partial charge in [-0.2, -0.15) is 0 Å². The molecule has 0 nitrogen and oxygen atoms in total. The molecule has 1 fully saturated rings. The Kier molecular flexibility index (Phi) is 2.84. The SMILES string of the molecule is Cc1ccc2ccccc2c1C(Cl)CC1CC1. The van der Waals surface area contributed by atoms with Gasteiger partial charge in [0.1, 0.15) is 0 Å². The molecule has 2 aromatic carbocycles. The van der Waals surface area contributed by atoms with Crippen LogP contribution in [0.25, 0.3) is 10.8 Å². The summed E-state index contributed by atoms with van der Waals surface area (Å²) >= 11 is 6.63. The maximum absolute atomic E-state index is 6.63. The van der Waals surface area contributed by atoms with Crippen molar-refractivity contribution in [3.05, 3.63) is 47.5 Å². The molecule has 1 heteroatoms. The summed E-state index contributed by atoms with van der Waals surface area (Å²) in [6.45, 7) is 2.17. The van der Waals surface area contributed by atoms with Crippen LogP contribution in [0.1, 0.15) is 35.8 Å². The number of fused-ring (bicyclic) bond motifs is 1. The normalized spacial score (nSPS) is 17.3. The van der Waals surface area contributed by atoms with Crippen LogP contribution in [0.2, 0.25) is 0 Å². The zero-order chi connectivity index (χ0) is 11.8. The van der Waals surface area contributed by atoms with Crippen molar-refractivity contribution in [2.24, 2.45) is 5.92 Å². The second-order valence-corrected chi connectivity index (χ2v) is 5.69. The summed E-state index contributed by atoms with van der Waals surface area (Å²) in [5.74, 6) is 0.871. The lowest BCUT2D eigenvalue weighted by Gasteiger charge is -2.15. The third kappa shape index (κ3) is 2.19. The highest BCUT2D eigenvalue weighted by Gasteiger charge is 2.26. The van der Waals surface area contributed by atoms with Crippen LogP contribution in [0.4, 0.5) is 0 Å². The molecule has 1 atom stereocenters. The van der Waals surface area contributed by atoms with Crippen LogP contribution in [0, 0.1) is 12.8 Å². The minimum Gasteiger partial charge on any atom is -0.118 e. The van der Waals surface area contributed by atoms with Crippen molar-refractivity contribution in [2.45, 2.75) is 31.6 Å². The van der Waals surface area contributed by atoms with Crippen molar-refractivity contribution >= 4 is 22.4 Å². The van der Waals surface area contributed by atoms with Gasteiger partial charge in [-0.3, -0.25) is 0 Å². The van der Waals surface area contributed by atoms with Crippen LogP contribution in [-0.4, -0.2) is 0 Å². The van der Waals surface area contributed by atoms with Crippen molar-refractivity contribution in [3.8, 4) is 0 Å². The van der Waals surface area contributed by atoms with Crippen molar-refractivity contribution in [1.82, 2.24) is 0 Å². The molecule has 17 heavy (non-hydrogen) atoms. The number of benzene rings is 2. The molecular formula is C16H17Cl. The zero-order valence-electron chi connectivity index (χ0n) is 10.1. The van der Waals surface area contributed by atoms with E-state index in [1.807, 2.05) is 0 Å². The molecule has 2 aromatic rings. The van der Waals surface area contributed by atoms with Crippen molar-refractivity contribution in [3.63, 3.8) is 0 Å². The predicted octanol–water partition coefficient (Wildman–Crippen LogP) is 5.23. The number of alkyl halides is 1. The molecular weight excluding hydrogens is 228 g/mol. The van der Waals surface area contributed by atoms with Gasteiger partial charge < -0.3 is 0 Å². The molecule has 0 bridgehead atoms. The molecule has 1 aliphatic carbocycles. The predicted molar refractivity (Wildman–Crippen MR) is 74.6 cm³/mol. The van der Waals surface area contributed by atoms with Gasteiger partial charge in [0.2, 0.25) is 0 Å². The summed E-state index contributed by atoms with van der Waals surface area (Å²) in [6, 6.07) is 12.9. The Morgan fingerprint density at radius 1 is 1.18 bits per heavy atom. The van der Waals surface area contributed by atoms with Gasteiger partial charge in [0.15, 0.2) is 0 Å². The molecule has 1 aliphatic rings. The highest BCUT2D eigenvalue weighted by atomic mass is 35.5. The zero-order valence-corrected chi connectivity index (χ0v) is 10.9. The average Bonchev–Trinajstić information content (AvgIpc) is 3.12. The van der Waals surface area contributed by atoms with E-state index in [0.29, 0.717) is 0 Å². The van der Waals surface area contributed by atoms with Crippen molar-refractivity contribution in [2.75, 3.05) is 0 Å². The molecule has 0 N–H and O–H groups in total. The van der Waals surface area contributed by atoms with E-state index >= 15 is 0 Å². The Labute approximate surface area is 108 Å². The number of halogens is 1. The summed E-state index contributed by atoms with van der Waals surface area (Å²) in [4.78, 5) is 0. The standard InChI is InChI=1S/C16H17Cl/c1-11-6-9-13-4-2-3-5-14(13)16(11)15(17)10-12-7-8-12/h2-6,9,12,15H,7-8,10H2,1H3. The Morgan fingerprint density at radius 2 is 1.94 bits per heavy atom. The lowest BCUT2D eigenvalue weighted by molar-refractivity contribution is 0.707. The highest BCUT2D eigenvalue weighted by molar-refractivity contribution is 6.22. The first kappa shape index (κ1) is 11.1. The average molecular weight is 245 g/mol. The van der Waals surface area contributed by atoms with Gasteiger partial charge in [0.25, 0.3) is 0 Å². The van der Waals surface area contributed by atoms with E-state index in [2.05, 4.69) is 43.3 Å². The maximum Gasteiger partial charge on any atom is 0.0596 e. The van der Waals surface area contributed by atoms with E-state index < -0.39 is 0 Å². The molecule has 0 spiro atoms. The minimum atomic E-state index is 0.175. The van der Waals surface area contributed by atoms with E-state index in [1.165, 1.54) is 34.7 Å². The number of aryl methyl sites for hydroxylation is 1.